The maximum atomic E-state index is 11.5. The van der Waals surface area contributed by atoms with Crippen LogP contribution < -0.4 is 19.6 Å². The van der Waals surface area contributed by atoms with Gasteiger partial charge in [0.1, 0.15) is 26.2 Å². The zero-order valence-corrected chi connectivity index (χ0v) is 26.8. The predicted octanol–water partition coefficient (Wildman–Crippen LogP) is 1.03. The van der Waals surface area contributed by atoms with E-state index in [1.807, 2.05) is 9.80 Å². The second-order valence-electron chi connectivity index (χ2n) is 10.7. The van der Waals surface area contributed by atoms with Crippen LogP contribution in [-0.2, 0) is 38.1 Å². The van der Waals surface area contributed by atoms with Crippen molar-refractivity contribution in [2.24, 2.45) is 0 Å². The van der Waals surface area contributed by atoms with Crippen LogP contribution in [-0.4, -0.2) is 150 Å². The van der Waals surface area contributed by atoms with Crippen molar-refractivity contribution in [3.05, 3.63) is 48.5 Å². The fourth-order valence-electron chi connectivity index (χ4n) is 5.15. The highest BCUT2D eigenvalue weighted by Gasteiger charge is 2.22. The normalized spacial score (nSPS) is 15.9. The van der Waals surface area contributed by atoms with E-state index >= 15 is 0 Å². The highest BCUT2D eigenvalue weighted by Crippen LogP contribution is 2.30. The Morgan fingerprint density at radius 1 is 0.479 bits per heavy atom. The maximum Gasteiger partial charge on any atom is 0.323 e. The van der Waals surface area contributed by atoms with Gasteiger partial charge in [-0.3, -0.25) is 19.2 Å². The first-order valence-electron chi connectivity index (χ1n) is 15.5. The maximum absolute atomic E-state index is 11.5. The molecular formula is C32H44N4O12. The SMILES string of the molecule is O=C(O)CN(CC(=O)O)c1ccccc1N1CCOCCOCCN(c2ccccc2N(CC(=O)O)CC(=O)O)CCOCCOCC1. The Bertz CT molecular complexity index is 1180. The summed E-state index contributed by atoms with van der Waals surface area (Å²) in [6.45, 7) is 2.13. The van der Waals surface area contributed by atoms with Gasteiger partial charge in [-0.15, -0.1) is 0 Å². The molecular weight excluding hydrogens is 632 g/mol. The zero-order valence-electron chi connectivity index (χ0n) is 26.8. The van der Waals surface area contributed by atoms with Gasteiger partial charge in [-0.25, -0.2) is 0 Å². The lowest BCUT2D eigenvalue weighted by molar-refractivity contribution is -0.138. The van der Waals surface area contributed by atoms with Gasteiger partial charge in [0, 0.05) is 26.2 Å². The van der Waals surface area contributed by atoms with Crippen LogP contribution in [0.15, 0.2) is 48.5 Å². The van der Waals surface area contributed by atoms with Gasteiger partial charge >= 0.3 is 23.9 Å². The molecule has 1 aliphatic rings. The minimum atomic E-state index is -1.15. The molecule has 0 atom stereocenters. The van der Waals surface area contributed by atoms with E-state index in [0.717, 1.165) is 0 Å². The lowest BCUT2D eigenvalue weighted by Gasteiger charge is -2.31. The number of rotatable bonds is 12. The van der Waals surface area contributed by atoms with Crippen molar-refractivity contribution in [2.75, 3.05) is 125 Å². The summed E-state index contributed by atoms with van der Waals surface area (Å²) in [5, 5.41) is 37.6. The summed E-state index contributed by atoms with van der Waals surface area (Å²) in [6, 6.07) is 14.0. The van der Waals surface area contributed by atoms with Crippen molar-refractivity contribution in [2.45, 2.75) is 0 Å². The number of nitrogens with zero attached hydrogens (tertiary/aromatic N) is 4. The third-order valence-corrected chi connectivity index (χ3v) is 7.20. The standard InChI is InChI=1S/C32H44N4O12/c37-29(38)21-35(22-30(39)40)27-7-3-1-5-25(27)33-9-13-45-17-19-47-15-11-34(12-16-48-20-18-46-14-10-33)26-6-2-4-8-28(26)36(23-31(41)42)24-32(43)44/h1-8H,9-24H2,(H,37,38)(H,39,40)(H,41,42)(H,43,44). The predicted molar refractivity (Wildman–Crippen MR) is 176 cm³/mol. The molecule has 16 nitrogen and oxygen atoms in total. The lowest BCUT2D eigenvalue weighted by atomic mass is 10.2. The number of benzene rings is 2. The molecule has 0 radical (unpaired) electrons. The zero-order chi connectivity index (χ0) is 34.7. The van der Waals surface area contributed by atoms with E-state index in [2.05, 4.69) is 0 Å². The van der Waals surface area contributed by atoms with Crippen molar-refractivity contribution >= 4 is 46.6 Å². The van der Waals surface area contributed by atoms with Crippen molar-refractivity contribution in [1.29, 1.82) is 0 Å². The van der Waals surface area contributed by atoms with Gasteiger partial charge in [-0.05, 0) is 24.3 Å². The fraction of sp³-hybridized carbons (Fsp3) is 0.500. The monoisotopic (exact) mass is 676 g/mol. The van der Waals surface area contributed by atoms with Gasteiger partial charge in [-0.2, -0.15) is 0 Å². The molecule has 1 fully saturated rings. The molecule has 0 aliphatic carbocycles. The number of ether oxygens (including phenoxy) is 4. The Hall–Kier alpha value is -4.64. The van der Waals surface area contributed by atoms with Crippen molar-refractivity contribution in [3.63, 3.8) is 0 Å². The second-order valence-corrected chi connectivity index (χ2v) is 10.7. The van der Waals surface area contributed by atoms with Gasteiger partial charge in [-0.1, -0.05) is 24.3 Å². The molecule has 2 aromatic rings. The number of carboxylic acid groups (broad SMARTS) is 4. The summed E-state index contributed by atoms with van der Waals surface area (Å²) >= 11 is 0. The van der Waals surface area contributed by atoms with Gasteiger partial charge in [0.05, 0.1) is 75.6 Å². The smallest absolute Gasteiger partial charge is 0.323 e. The molecule has 0 amide bonds. The molecule has 1 saturated heterocycles. The largest absolute Gasteiger partial charge is 0.480 e. The molecule has 16 heteroatoms. The minimum Gasteiger partial charge on any atom is -0.480 e. The van der Waals surface area contributed by atoms with Crippen LogP contribution in [0.1, 0.15) is 0 Å². The van der Waals surface area contributed by atoms with Crippen LogP contribution in [0.2, 0.25) is 0 Å². The van der Waals surface area contributed by atoms with Crippen LogP contribution in [0.25, 0.3) is 0 Å². The van der Waals surface area contributed by atoms with E-state index in [0.29, 0.717) is 102 Å². The molecule has 0 saturated carbocycles. The summed E-state index contributed by atoms with van der Waals surface area (Å²) in [5.74, 6) is -4.60. The number of hydrogen-bond donors (Lipinski definition) is 4. The third-order valence-electron chi connectivity index (χ3n) is 7.20. The number of carbonyl (C=O) groups is 4. The van der Waals surface area contributed by atoms with E-state index < -0.39 is 50.1 Å². The van der Waals surface area contributed by atoms with Crippen LogP contribution in [0.4, 0.5) is 22.7 Å². The van der Waals surface area contributed by atoms with Gasteiger partial charge in [0.2, 0.25) is 0 Å². The molecule has 264 valence electrons. The van der Waals surface area contributed by atoms with Crippen molar-refractivity contribution in [3.8, 4) is 0 Å². The summed E-state index contributed by atoms with van der Waals surface area (Å²) in [7, 11) is 0. The van der Waals surface area contributed by atoms with Crippen molar-refractivity contribution in [1.82, 2.24) is 0 Å². The van der Waals surface area contributed by atoms with Gasteiger partial charge in [0.15, 0.2) is 0 Å². The molecule has 0 unspecified atom stereocenters. The van der Waals surface area contributed by atoms with E-state index in [9.17, 15) is 39.6 Å². The molecule has 4 N–H and O–H groups in total. The van der Waals surface area contributed by atoms with Crippen LogP contribution in [0.3, 0.4) is 0 Å². The molecule has 0 bridgehead atoms. The van der Waals surface area contributed by atoms with Gasteiger partial charge < -0.3 is 59.0 Å². The highest BCUT2D eigenvalue weighted by molar-refractivity contribution is 5.84. The Labute approximate surface area is 278 Å². The molecule has 3 rings (SSSR count). The lowest BCUT2D eigenvalue weighted by Crippen LogP contribution is -2.38. The van der Waals surface area contributed by atoms with Crippen molar-refractivity contribution < 1.29 is 58.6 Å². The van der Waals surface area contributed by atoms with Crippen LogP contribution in [0, 0.1) is 0 Å². The van der Waals surface area contributed by atoms with Gasteiger partial charge in [0.25, 0.3) is 0 Å². The molecule has 0 spiro atoms. The van der Waals surface area contributed by atoms with E-state index in [1.54, 1.807) is 48.5 Å². The van der Waals surface area contributed by atoms with Crippen LogP contribution in [0.5, 0.6) is 0 Å². The topological polar surface area (TPSA) is 199 Å². The summed E-state index contributed by atoms with van der Waals surface area (Å²) in [6.07, 6.45) is 0. The molecule has 48 heavy (non-hydrogen) atoms. The average Bonchev–Trinajstić information content (AvgIpc) is 3.03. The Morgan fingerprint density at radius 3 is 1.02 bits per heavy atom. The second kappa shape index (κ2) is 20.6. The number of carboxylic acids is 4. The number of aliphatic carboxylic acids is 4. The van der Waals surface area contributed by atoms with Crippen LogP contribution >= 0.6 is 0 Å². The molecule has 1 heterocycles. The molecule has 1 aliphatic heterocycles. The minimum absolute atomic E-state index is 0.292. The Morgan fingerprint density at radius 2 is 0.750 bits per heavy atom. The first-order valence-corrected chi connectivity index (χ1v) is 15.5. The molecule has 2 aromatic carbocycles. The van der Waals surface area contributed by atoms with E-state index in [-0.39, 0.29) is 0 Å². The molecule has 0 aromatic heterocycles. The fourth-order valence-corrected chi connectivity index (χ4v) is 5.15. The number of para-hydroxylation sites is 4. The van der Waals surface area contributed by atoms with E-state index in [1.165, 1.54) is 9.80 Å². The third kappa shape index (κ3) is 13.2. The number of hydrogen-bond acceptors (Lipinski definition) is 12. The summed E-state index contributed by atoms with van der Waals surface area (Å²) < 4.78 is 23.3. The first kappa shape index (κ1) is 37.8. The Balaban J connectivity index is 1.68. The summed E-state index contributed by atoms with van der Waals surface area (Å²) in [4.78, 5) is 52.6. The highest BCUT2D eigenvalue weighted by atomic mass is 16.5. The first-order chi connectivity index (χ1) is 23.2. The van der Waals surface area contributed by atoms with E-state index in [4.69, 9.17) is 18.9 Å². The Kier molecular flexibility index (Phi) is 16.2. The number of anilines is 4. The quantitative estimate of drug-likeness (QED) is 0.248. The average molecular weight is 677 g/mol. The summed E-state index contributed by atoms with van der Waals surface area (Å²) in [5.41, 5.74) is 2.24.